The highest BCUT2D eigenvalue weighted by Gasteiger charge is 2.07. The summed E-state index contributed by atoms with van der Waals surface area (Å²) in [6.45, 7) is 1.84. The lowest BCUT2D eigenvalue weighted by Crippen LogP contribution is -2.14. The number of aromatic amines is 1. The van der Waals surface area contributed by atoms with Gasteiger partial charge in [-0.05, 0) is 19.1 Å². The summed E-state index contributed by atoms with van der Waals surface area (Å²) in [6.07, 6.45) is 0. The van der Waals surface area contributed by atoms with Crippen LogP contribution in [0.15, 0.2) is 35.2 Å². The minimum absolute atomic E-state index is 0.146. The van der Waals surface area contributed by atoms with Crippen LogP contribution in [0.5, 0.6) is 0 Å². The highest BCUT2D eigenvalue weighted by molar-refractivity contribution is 8.00. The fraction of sp³-hybridized carbons (Fsp3) is 0.167. The highest BCUT2D eigenvalue weighted by atomic mass is 32.2. The van der Waals surface area contributed by atoms with Gasteiger partial charge in [-0.2, -0.15) is 5.10 Å². The molecule has 0 aliphatic heterocycles. The lowest BCUT2D eigenvalue weighted by molar-refractivity contribution is -0.113. The topological polar surface area (TPSA) is 57.8 Å². The van der Waals surface area contributed by atoms with Crippen LogP contribution in [0.3, 0.4) is 0 Å². The number of aromatic nitrogens is 2. The van der Waals surface area contributed by atoms with Gasteiger partial charge in [-0.3, -0.25) is 9.89 Å². The van der Waals surface area contributed by atoms with Crippen LogP contribution in [0, 0.1) is 12.7 Å². The van der Waals surface area contributed by atoms with Crippen molar-refractivity contribution in [2.24, 2.45) is 0 Å². The fourth-order valence-electron chi connectivity index (χ4n) is 1.37. The molecule has 0 fully saturated rings. The third-order valence-electron chi connectivity index (χ3n) is 2.17. The number of nitrogens with one attached hydrogen (secondary N) is 2. The molecule has 6 heteroatoms. The fourth-order valence-corrected chi connectivity index (χ4v) is 2.11. The van der Waals surface area contributed by atoms with Crippen molar-refractivity contribution in [3.8, 4) is 0 Å². The number of benzene rings is 1. The van der Waals surface area contributed by atoms with Gasteiger partial charge in [0.1, 0.15) is 5.82 Å². The van der Waals surface area contributed by atoms with Crippen LogP contribution in [0.1, 0.15) is 5.69 Å². The number of hydrogen-bond acceptors (Lipinski definition) is 3. The quantitative estimate of drug-likeness (QED) is 0.835. The molecule has 1 amide bonds. The Morgan fingerprint density at radius 3 is 2.94 bits per heavy atom. The van der Waals surface area contributed by atoms with Crippen LogP contribution < -0.4 is 5.32 Å². The van der Waals surface area contributed by atoms with E-state index >= 15 is 0 Å². The first kappa shape index (κ1) is 12.6. The summed E-state index contributed by atoms with van der Waals surface area (Å²) < 4.78 is 13.3. The van der Waals surface area contributed by atoms with Crippen molar-refractivity contribution in [3.63, 3.8) is 0 Å². The number of hydrogen-bond donors (Lipinski definition) is 2. The number of rotatable bonds is 4. The standard InChI is InChI=1S/C12H12FN3OS/c1-8-6-11(16-15-8)14-12(17)7-18-10-5-3-2-4-9(10)13/h2-6H,7H2,1H3,(H2,14,15,16,17). The normalized spacial score (nSPS) is 10.3. The molecule has 0 unspecified atom stereocenters. The van der Waals surface area contributed by atoms with E-state index in [1.165, 1.54) is 6.07 Å². The van der Waals surface area contributed by atoms with Gasteiger partial charge in [0, 0.05) is 16.7 Å². The predicted octanol–water partition coefficient (Wildman–Crippen LogP) is 2.59. The molecule has 0 bridgehead atoms. The van der Waals surface area contributed by atoms with Gasteiger partial charge >= 0.3 is 0 Å². The third-order valence-corrected chi connectivity index (χ3v) is 3.22. The molecule has 18 heavy (non-hydrogen) atoms. The zero-order valence-corrected chi connectivity index (χ0v) is 10.6. The first-order chi connectivity index (χ1) is 8.65. The van der Waals surface area contributed by atoms with Crippen LogP contribution in [0.4, 0.5) is 10.2 Å². The van der Waals surface area contributed by atoms with Crippen molar-refractivity contribution in [2.45, 2.75) is 11.8 Å². The second-order valence-corrected chi connectivity index (χ2v) is 4.72. The second kappa shape index (κ2) is 5.68. The van der Waals surface area contributed by atoms with Crippen molar-refractivity contribution >= 4 is 23.5 Å². The zero-order valence-electron chi connectivity index (χ0n) is 9.74. The average Bonchev–Trinajstić information content (AvgIpc) is 2.74. The Morgan fingerprint density at radius 1 is 1.50 bits per heavy atom. The maximum Gasteiger partial charge on any atom is 0.235 e. The van der Waals surface area contributed by atoms with Gasteiger partial charge < -0.3 is 5.32 Å². The Kier molecular flexibility index (Phi) is 3.99. The van der Waals surface area contributed by atoms with Gasteiger partial charge in [-0.1, -0.05) is 12.1 Å². The molecule has 2 rings (SSSR count). The molecule has 2 aromatic rings. The molecule has 0 saturated carbocycles. The van der Waals surface area contributed by atoms with Crippen LogP contribution in [0.25, 0.3) is 0 Å². The number of aryl methyl sites for hydroxylation is 1. The van der Waals surface area contributed by atoms with Crippen LogP contribution in [-0.2, 0) is 4.79 Å². The molecule has 0 aliphatic rings. The van der Waals surface area contributed by atoms with Gasteiger partial charge in [0.25, 0.3) is 0 Å². The molecule has 2 N–H and O–H groups in total. The number of halogens is 1. The number of carbonyl (C=O) groups is 1. The number of anilines is 1. The summed E-state index contributed by atoms with van der Waals surface area (Å²) in [4.78, 5) is 12.1. The number of amides is 1. The van der Waals surface area contributed by atoms with E-state index in [0.717, 1.165) is 17.5 Å². The monoisotopic (exact) mass is 265 g/mol. The van der Waals surface area contributed by atoms with Crippen LogP contribution in [-0.4, -0.2) is 21.9 Å². The first-order valence-electron chi connectivity index (χ1n) is 5.34. The molecule has 0 spiro atoms. The smallest absolute Gasteiger partial charge is 0.235 e. The number of nitrogens with zero attached hydrogens (tertiary/aromatic N) is 1. The molecule has 0 atom stereocenters. The molecule has 0 aliphatic carbocycles. The van der Waals surface area contributed by atoms with E-state index in [9.17, 15) is 9.18 Å². The van der Waals surface area contributed by atoms with E-state index in [-0.39, 0.29) is 17.5 Å². The van der Waals surface area contributed by atoms with Crippen LogP contribution in [0.2, 0.25) is 0 Å². The molecule has 0 radical (unpaired) electrons. The van der Waals surface area contributed by atoms with E-state index in [1.807, 2.05) is 6.92 Å². The molecule has 4 nitrogen and oxygen atoms in total. The Labute approximate surface area is 108 Å². The molecular formula is C12H12FN3OS. The molecule has 0 saturated heterocycles. The SMILES string of the molecule is Cc1cc(NC(=O)CSc2ccccc2F)n[nH]1. The lowest BCUT2D eigenvalue weighted by atomic mass is 10.3. The minimum Gasteiger partial charge on any atom is -0.308 e. The summed E-state index contributed by atoms with van der Waals surface area (Å²) in [5.41, 5.74) is 0.868. The van der Waals surface area contributed by atoms with E-state index in [2.05, 4.69) is 15.5 Å². The average molecular weight is 265 g/mol. The van der Waals surface area contributed by atoms with Crippen molar-refractivity contribution in [3.05, 3.63) is 41.8 Å². The Hall–Kier alpha value is -1.82. The Bertz CT molecular complexity index is 556. The molecule has 1 heterocycles. The van der Waals surface area contributed by atoms with E-state index in [4.69, 9.17) is 0 Å². The Morgan fingerprint density at radius 2 is 2.28 bits per heavy atom. The third kappa shape index (κ3) is 3.33. The van der Waals surface area contributed by atoms with Crippen molar-refractivity contribution < 1.29 is 9.18 Å². The summed E-state index contributed by atoms with van der Waals surface area (Å²) in [6, 6.07) is 8.10. The van der Waals surface area contributed by atoms with Crippen molar-refractivity contribution in [1.29, 1.82) is 0 Å². The maximum absolute atomic E-state index is 13.3. The predicted molar refractivity (Wildman–Crippen MR) is 69.1 cm³/mol. The van der Waals surface area contributed by atoms with Crippen molar-refractivity contribution in [2.75, 3.05) is 11.1 Å². The number of thioether (sulfide) groups is 1. The lowest BCUT2D eigenvalue weighted by Gasteiger charge is -2.03. The molecule has 1 aromatic heterocycles. The number of carbonyl (C=O) groups excluding carboxylic acids is 1. The van der Waals surface area contributed by atoms with Gasteiger partial charge in [0.15, 0.2) is 5.82 Å². The zero-order chi connectivity index (χ0) is 13.0. The van der Waals surface area contributed by atoms with E-state index in [0.29, 0.717) is 10.7 Å². The summed E-state index contributed by atoms with van der Waals surface area (Å²) in [5.74, 6) is 0.0969. The van der Waals surface area contributed by atoms with Gasteiger partial charge in [0.2, 0.25) is 5.91 Å². The highest BCUT2D eigenvalue weighted by Crippen LogP contribution is 2.21. The summed E-state index contributed by atoms with van der Waals surface area (Å²) >= 11 is 1.16. The molecular weight excluding hydrogens is 253 g/mol. The largest absolute Gasteiger partial charge is 0.308 e. The van der Waals surface area contributed by atoms with Gasteiger partial charge in [0.05, 0.1) is 5.75 Å². The van der Waals surface area contributed by atoms with Crippen LogP contribution >= 0.6 is 11.8 Å². The van der Waals surface area contributed by atoms with E-state index in [1.54, 1.807) is 24.3 Å². The molecule has 94 valence electrons. The Balaban J connectivity index is 1.87. The van der Waals surface area contributed by atoms with Crippen molar-refractivity contribution in [1.82, 2.24) is 10.2 Å². The first-order valence-corrected chi connectivity index (χ1v) is 6.33. The van der Waals surface area contributed by atoms with Gasteiger partial charge in [-0.25, -0.2) is 4.39 Å². The maximum atomic E-state index is 13.3. The summed E-state index contributed by atoms with van der Waals surface area (Å²) in [7, 11) is 0. The van der Waals surface area contributed by atoms with E-state index < -0.39 is 0 Å². The second-order valence-electron chi connectivity index (χ2n) is 3.70. The minimum atomic E-state index is -0.314. The number of H-pyrrole nitrogens is 1. The summed E-state index contributed by atoms with van der Waals surface area (Å²) in [5, 5.41) is 9.24. The molecule has 1 aromatic carbocycles. The van der Waals surface area contributed by atoms with Gasteiger partial charge in [-0.15, -0.1) is 11.8 Å².